The minimum atomic E-state index is -4.88. The minimum absolute atomic E-state index is 0.0611. The molecule has 36 heavy (non-hydrogen) atoms. The van der Waals surface area contributed by atoms with E-state index in [0.29, 0.717) is 6.42 Å². The predicted molar refractivity (Wildman–Crippen MR) is 119 cm³/mol. The highest BCUT2D eigenvalue weighted by molar-refractivity contribution is 7.86. The summed E-state index contributed by atoms with van der Waals surface area (Å²) in [7, 11) is -2.17. The zero-order valence-corrected chi connectivity index (χ0v) is 20.4. The average molecular weight is 535 g/mol. The number of hydrogen-bond acceptors (Lipinski definition) is 9. The van der Waals surface area contributed by atoms with Crippen LogP contribution in [0.2, 0.25) is 0 Å². The lowest BCUT2D eigenvalue weighted by Crippen LogP contribution is -2.22. The number of halogens is 3. The maximum Gasteiger partial charge on any atom is 0.420 e. The summed E-state index contributed by atoms with van der Waals surface area (Å²) in [6.45, 7) is 0.558. The van der Waals surface area contributed by atoms with Crippen molar-refractivity contribution in [2.75, 3.05) is 34.0 Å². The molecule has 0 N–H and O–H groups in total. The molecule has 3 rings (SSSR count). The molecule has 0 spiro atoms. The van der Waals surface area contributed by atoms with Gasteiger partial charge < -0.3 is 18.9 Å². The van der Waals surface area contributed by atoms with Gasteiger partial charge in [0.15, 0.2) is 11.5 Å². The van der Waals surface area contributed by atoms with Gasteiger partial charge in [0.1, 0.15) is 23.2 Å². The summed E-state index contributed by atoms with van der Waals surface area (Å²) in [6.07, 6.45) is -5.63. The maximum absolute atomic E-state index is 14.3. The average Bonchev–Trinajstić information content (AvgIpc) is 3.02. The van der Waals surface area contributed by atoms with Crippen molar-refractivity contribution in [1.29, 1.82) is 0 Å². The van der Waals surface area contributed by atoms with Crippen LogP contribution in [0.25, 0.3) is 0 Å². The zero-order valence-electron chi connectivity index (χ0n) is 19.6. The number of nitro benzene ring substituents is 1. The number of hydrogen-bond donors (Lipinski definition) is 0. The third kappa shape index (κ3) is 5.50. The Kier molecular flexibility index (Phi) is 8.31. The van der Waals surface area contributed by atoms with Crippen LogP contribution in [0.1, 0.15) is 36.1 Å². The van der Waals surface area contributed by atoms with Gasteiger partial charge in [-0.05, 0) is 37.5 Å². The van der Waals surface area contributed by atoms with E-state index in [0.717, 1.165) is 25.3 Å². The van der Waals surface area contributed by atoms with Crippen molar-refractivity contribution in [3.63, 3.8) is 0 Å². The molecule has 0 fully saturated rings. The Labute approximate surface area is 205 Å². The van der Waals surface area contributed by atoms with Crippen molar-refractivity contribution >= 4 is 15.8 Å². The third-order valence-corrected chi connectivity index (χ3v) is 6.79. The Morgan fingerprint density at radius 1 is 1.19 bits per heavy atom. The van der Waals surface area contributed by atoms with Crippen molar-refractivity contribution in [3.8, 4) is 17.2 Å². The molecule has 2 aromatic rings. The fourth-order valence-electron chi connectivity index (χ4n) is 3.99. The Hall–Kier alpha value is -3.10. The van der Waals surface area contributed by atoms with Crippen molar-refractivity contribution in [3.05, 3.63) is 51.1 Å². The molecule has 1 heterocycles. The van der Waals surface area contributed by atoms with Crippen molar-refractivity contribution in [2.45, 2.75) is 36.9 Å². The first kappa shape index (κ1) is 27.5. The lowest BCUT2D eigenvalue weighted by atomic mass is 9.92. The number of nitrogens with zero attached hydrogens (tertiary/aromatic N) is 1. The first-order valence-corrected chi connectivity index (χ1v) is 12.1. The normalized spacial score (nSPS) is 16.1. The van der Waals surface area contributed by atoms with Gasteiger partial charge in [0, 0.05) is 18.2 Å². The number of aryl methyl sites for hydroxylation is 1. The summed E-state index contributed by atoms with van der Waals surface area (Å²) in [5, 5.41) is 11.6. The topological polar surface area (TPSA) is 123 Å². The van der Waals surface area contributed by atoms with Gasteiger partial charge in [-0.1, -0.05) is 6.07 Å². The van der Waals surface area contributed by atoms with E-state index >= 15 is 0 Å². The van der Waals surface area contributed by atoms with Crippen LogP contribution < -0.4 is 14.2 Å². The van der Waals surface area contributed by atoms with Crippen molar-refractivity contribution in [2.24, 2.45) is 0 Å². The van der Waals surface area contributed by atoms with E-state index in [9.17, 15) is 31.7 Å². The Morgan fingerprint density at radius 3 is 2.50 bits per heavy atom. The predicted octanol–water partition coefficient (Wildman–Crippen LogP) is 4.44. The van der Waals surface area contributed by atoms with E-state index in [1.165, 1.54) is 20.1 Å². The molecular weight excluding hydrogens is 511 g/mol. The Balaban J connectivity index is 2.15. The first-order chi connectivity index (χ1) is 17.0. The van der Waals surface area contributed by atoms with Gasteiger partial charge in [0.05, 0.1) is 25.7 Å². The smallest absolute Gasteiger partial charge is 0.420 e. The van der Waals surface area contributed by atoms with Gasteiger partial charge >= 0.3 is 22.0 Å². The van der Waals surface area contributed by atoms with E-state index in [1.54, 1.807) is 0 Å². The second kappa shape index (κ2) is 10.9. The summed E-state index contributed by atoms with van der Waals surface area (Å²) in [4.78, 5) is 10.1. The number of nitro groups is 1. The molecule has 198 valence electrons. The molecule has 0 amide bonds. The molecule has 0 saturated carbocycles. The third-order valence-electron chi connectivity index (χ3n) is 5.39. The number of rotatable bonds is 9. The van der Waals surface area contributed by atoms with Gasteiger partial charge in [-0.25, -0.2) is 0 Å². The second-order valence-electron chi connectivity index (χ2n) is 7.55. The lowest BCUT2D eigenvalue weighted by molar-refractivity contribution is -0.386. The van der Waals surface area contributed by atoms with Crippen LogP contribution in [-0.4, -0.2) is 47.4 Å². The largest absolute Gasteiger partial charge is 0.493 e. The minimum Gasteiger partial charge on any atom is -0.493 e. The molecule has 1 aliphatic heterocycles. The lowest BCUT2D eigenvalue weighted by Gasteiger charge is -2.26. The van der Waals surface area contributed by atoms with Gasteiger partial charge in [-0.3, -0.25) is 14.3 Å². The zero-order chi connectivity index (χ0) is 26.7. The van der Waals surface area contributed by atoms with Gasteiger partial charge in [0.2, 0.25) is 5.75 Å². The number of fused-ring (bicyclic) bond motifs is 1. The van der Waals surface area contributed by atoms with Crippen LogP contribution in [-0.2, 0) is 31.6 Å². The number of ether oxygens (including phenoxy) is 4. The van der Waals surface area contributed by atoms with Gasteiger partial charge in [-0.2, -0.15) is 21.6 Å². The summed E-state index contributed by atoms with van der Waals surface area (Å²) >= 11 is 0. The van der Waals surface area contributed by atoms with E-state index in [-0.39, 0.29) is 36.5 Å². The van der Waals surface area contributed by atoms with Gasteiger partial charge in [-0.15, -0.1) is 0 Å². The molecule has 14 heteroatoms. The summed E-state index contributed by atoms with van der Waals surface area (Å²) in [5.74, 6) is -1.34. The molecule has 0 aromatic heterocycles. The molecule has 0 aliphatic carbocycles. The number of benzene rings is 2. The van der Waals surface area contributed by atoms with Crippen LogP contribution in [0.4, 0.5) is 18.9 Å². The Morgan fingerprint density at radius 2 is 1.92 bits per heavy atom. The van der Waals surface area contributed by atoms with Gasteiger partial charge in [0.25, 0.3) is 0 Å². The molecule has 0 bridgehead atoms. The Bertz CT molecular complexity index is 1230. The van der Waals surface area contributed by atoms with Crippen LogP contribution in [0.5, 0.6) is 17.2 Å². The molecule has 2 aromatic carbocycles. The molecule has 10 nitrogen and oxygen atoms in total. The molecule has 1 unspecified atom stereocenters. The summed E-state index contributed by atoms with van der Waals surface area (Å²) in [6, 6.07) is 4.61. The van der Waals surface area contributed by atoms with Crippen molar-refractivity contribution in [1.82, 2.24) is 0 Å². The highest BCUT2D eigenvalue weighted by Gasteiger charge is 2.43. The molecule has 0 saturated heterocycles. The number of methoxy groups -OCH3 is 2. The van der Waals surface area contributed by atoms with Crippen LogP contribution >= 0.6 is 0 Å². The summed E-state index contributed by atoms with van der Waals surface area (Å²) < 4.78 is 94.0. The first-order valence-electron chi connectivity index (χ1n) is 10.7. The summed E-state index contributed by atoms with van der Waals surface area (Å²) in [5.41, 5.74) is -1.83. The fourth-order valence-corrected chi connectivity index (χ4v) is 5.06. The maximum atomic E-state index is 14.3. The number of alkyl halides is 3. The molecule has 1 atom stereocenters. The SMILES string of the molecule is CCOS(=O)(=O)c1cccc([N+](=O)[O-])c1OCC1OCCCc2cc(OC)c(OC)c(C(F)(F)F)c21. The van der Waals surface area contributed by atoms with Crippen LogP contribution in [0.15, 0.2) is 29.2 Å². The molecule has 0 radical (unpaired) electrons. The van der Waals surface area contributed by atoms with E-state index in [1.807, 2.05) is 0 Å². The highest BCUT2D eigenvalue weighted by Crippen LogP contribution is 2.49. The van der Waals surface area contributed by atoms with Crippen LogP contribution in [0.3, 0.4) is 0 Å². The van der Waals surface area contributed by atoms with Crippen molar-refractivity contribution < 1.29 is 49.6 Å². The standard InChI is InChI=1S/C22H24F3NO9S/c1-4-35-36(29,30)17-9-5-8-14(26(27)28)20(17)34-12-16-18-13(7-6-10-33-16)11-15(31-2)21(32-3)19(18)22(23,24)25/h5,8-9,11,16H,4,6-7,10,12H2,1-3H3. The monoisotopic (exact) mass is 535 g/mol. The molecular formula is C22H24F3NO9S. The van der Waals surface area contributed by atoms with Crippen LogP contribution in [0, 0.1) is 10.1 Å². The number of para-hydroxylation sites is 1. The molecule has 1 aliphatic rings. The van der Waals surface area contributed by atoms with E-state index in [4.69, 9.17) is 23.1 Å². The fraction of sp³-hybridized carbons (Fsp3) is 0.455. The van der Waals surface area contributed by atoms with E-state index < -0.39 is 61.6 Å². The quantitative estimate of drug-likeness (QED) is 0.260. The second-order valence-corrected chi connectivity index (χ2v) is 9.14. The highest BCUT2D eigenvalue weighted by atomic mass is 32.2. The van der Waals surface area contributed by atoms with E-state index in [2.05, 4.69) is 0 Å².